The zero-order valence-electron chi connectivity index (χ0n) is 10.2. The van der Waals surface area contributed by atoms with Gasteiger partial charge in [-0.05, 0) is 29.8 Å². The van der Waals surface area contributed by atoms with Crippen LogP contribution in [0.25, 0.3) is 0 Å². The quantitative estimate of drug-likeness (QED) is 0.393. The van der Waals surface area contributed by atoms with Gasteiger partial charge in [0.15, 0.2) is 0 Å². The molecule has 4 nitrogen and oxygen atoms in total. The SMILES string of the molecule is Nc1ccc(C(=O)C(=O)OCc2ccccc2)cc1. The molecule has 0 bridgehead atoms. The number of ketones is 1. The third-order valence-electron chi connectivity index (χ3n) is 2.57. The van der Waals surface area contributed by atoms with Crippen molar-refractivity contribution in [1.29, 1.82) is 0 Å². The van der Waals surface area contributed by atoms with E-state index in [0.717, 1.165) is 5.56 Å². The number of ether oxygens (including phenoxy) is 1. The first kappa shape index (κ1) is 12.8. The average molecular weight is 255 g/mol. The summed E-state index contributed by atoms with van der Waals surface area (Å²) in [6, 6.07) is 15.3. The van der Waals surface area contributed by atoms with Crippen LogP contribution in [-0.2, 0) is 16.1 Å². The zero-order chi connectivity index (χ0) is 13.7. The molecule has 0 saturated heterocycles. The van der Waals surface area contributed by atoms with Gasteiger partial charge in [-0.3, -0.25) is 4.79 Å². The molecule has 0 heterocycles. The second kappa shape index (κ2) is 5.82. The highest BCUT2D eigenvalue weighted by atomic mass is 16.5. The molecule has 0 unspecified atom stereocenters. The van der Waals surface area contributed by atoms with Crippen LogP contribution in [0.1, 0.15) is 15.9 Å². The Hall–Kier alpha value is -2.62. The van der Waals surface area contributed by atoms with Crippen molar-refractivity contribution >= 4 is 17.4 Å². The summed E-state index contributed by atoms with van der Waals surface area (Å²) in [4.78, 5) is 23.4. The number of benzene rings is 2. The molecule has 0 aliphatic heterocycles. The van der Waals surface area contributed by atoms with Crippen molar-refractivity contribution in [2.75, 3.05) is 5.73 Å². The van der Waals surface area contributed by atoms with Crippen molar-refractivity contribution in [3.05, 3.63) is 65.7 Å². The van der Waals surface area contributed by atoms with Crippen molar-refractivity contribution in [1.82, 2.24) is 0 Å². The van der Waals surface area contributed by atoms with Crippen molar-refractivity contribution in [2.45, 2.75) is 6.61 Å². The molecule has 96 valence electrons. The third kappa shape index (κ3) is 3.42. The first-order valence-electron chi connectivity index (χ1n) is 5.78. The highest BCUT2D eigenvalue weighted by molar-refractivity contribution is 6.40. The molecule has 0 atom stereocenters. The van der Waals surface area contributed by atoms with Crippen LogP contribution >= 0.6 is 0 Å². The average Bonchev–Trinajstić information content (AvgIpc) is 2.46. The number of carbonyl (C=O) groups is 2. The third-order valence-corrected chi connectivity index (χ3v) is 2.57. The number of esters is 1. The Morgan fingerprint density at radius 3 is 2.21 bits per heavy atom. The van der Waals surface area contributed by atoms with Gasteiger partial charge in [0.25, 0.3) is 5.78 Å². The van der Waals surface area contributed by atoms with Crippen LogP contribution in [0.5, 0.6) is 0 Å². The normalized spacial score (nSPS) is 9.89. The lowest BCUT2D eigenvalue weighted by Gasteiger charge is -2.04. The van der Waals surface area contributed by atoms with Crippen molar-refractivity contribution in [3.8, 4) is 0 Å². The van der Waals surface area contributed by atoms with E-state index in [0.29, 0.717) is 5.69 Å². The first-order valence-corrected chi connectivity index (χ1v) is 5.78. The van der Waals surface area contributed by atoms with Gasteiger partial charge in [0, 0.05) is 11.3 Å². The Kier molecular flexibility index (Phi) is 3.93. The first-order chi connectivity index (χ1) is 9.16. The maximum atomic E-state index is 11.8. The van der Waals surface area contributed by atoms with Gasteiger partial charge in [0.05, 0.1) is 0 Å². The number of nitrogens with two attached hydrogens (primary N) is 1. The molecule has 2 rings (SSSR count). The van der Waals surface area contributed by atoms with Gasteiger partial charge in [-0.1, -0.05) is 30.3 Å². The summed E-state index contributed by atoms with van der Waals surface area (Å²) in [6.07, 6.45) is 0. The van der Waals surface area contributed by atoms with E-state index in [2.05, 4.69) is 0 Å². The highest BCUT2D eigenvalue weighted by Gasteiger charge is 2.17. The molecule has 2 aromatic rings. The summed E-state index contributed by atoms with van der Waals surface area (Å²) < 4.78 is 4.95. The number of hydrogen-bond donors (Lipinski definition) is 1. The Bertz CT molecular complexity index is 576. The maximum absolute atomic E-state index is 11.8. The number of hydrogen-bond acceptors (Lipinski definition) is 4. The van der Waals surface area contributed by atoms with E-state index in [1.165, 1.54) is 12.1 Å². The molecular weight excluding hydrogens is 242 g/mol. The second-order valence-corrected chi connectivity index (χ2v) is 4.01. The summed E-state index contributed by atoms with van der Waals surface area (Å²) in [5.74, 6) is -1.54. The molecule has 0 aliphatic carbocycles. The van der Waals surface area contributed by atoms with Crippen LogP contribution in [-0.4, -0.2) is 11.8 Å². The van der Waals surface area contributed by atoms with Crippen LogP contribution < -0.4 is 5.73 Å². The van der Waals surface area contributed by atoms with Crippen molar-refractivity contribution in [2.24, 2.45) is 0 Å². The Morgan fingerprint density at radius 1 is 0.947 bits per heavy atom. The lowest BCUT2D eigenvalue weighted by molar-refractivity contribution is -0.139. The fourth-order valence-electron chi connectivity index (χ4n) is 1.54. The lowest BCUT2D eigenvalue weighted by atomic mass is 10.1. The molecule has 0 fully saturated rings. The van der Waals surface area contributed by atoms with E-state index in [-0.39, 0.29) is 12.2 Å². The van der Waals surface area contributed by atoms with Crippen LogP contribution in [0.15, 0.2) is 54.6 Å². The van der Waals surface area contributed by atoms with Crippen LogP contribution in [0.3, 0.4) is 0 Å². The number of nitrogen functional groups attached to an aromatic ring is 1. The van der Waals surface area contributed by atoms with E-state index in [1.807, 2.05) is 30.3 Å². The molecule has 0 aromatic heterocycles. The molecule has 0 radical (unpaired) electrons. The van der Waals surface area contributed by atoms with Gasteiger partial charge >= 0.3 is 5.97 Å². The second-order valence-electron chi connectivity index (χ2n) is 4.01. The standard InChI is InChI=1S/C15H13NO3/c16-13-8-6-12(7-9-13)14(17)15(18)19-10-11-4-2-1-3-5-11/h1-9H,10,16H2. The summed E-state index contributed by atoms with van der Waals surface area (Å²) >= 11 is 0. The molecule has 2 aromatic carbocycles. The van der Waals surface area contributed by atoms with E-state index >= 15 is 0 Å². The van der Waals surface area contributed by atoms with Crippen molar-refractivity contribution in [3.63, 3.8) is 0 Å². The van der Waals surface area contributed by atoms with Crippen LogP contribution in [0.2, 0.25) is 0 Å². The van der Waals surface area contributed by atoms with Gasteiger partial charge in [0.2, 0.25) is 0 Å². The fraction of sp³-hybridized carbons (Fsp3) is 0.0667. The molecule has 19 heavy (non-hydrogen) atoms. The number of Topliss-reactive ketones (excluding diaryl/α,β-unsaturated/α-hetero) is 1. The topological polar surface area (TPSA) is 69.4 Å². The molecule has 0 amide bonds. The van der Waals surface area contributed by atoms with Gasteiger partial charge in [0.1, 0.15) is 6.61 Å². The Balaban J connectivity index is 1.96. The molecule has 0 aliphatic rings. The highest BCUT2D eigenvalue weighted by Crippen LogP contribution is 2.08. The summed E-state index contributed by atoms with van der Waals surface area (Å²) in [5, 5.41) is 0. The lowest BCUT2D eigenvalue weighted by Crippen LogP contribution is -2.17. The summed E-state index contributed by atoms with van der Waals surface area (Å²) in [7, 11) is 0. The molecule has 0 saturated carbocycles. The smallest absolute Gasteiger partial charge is 0.380 e. The van der Waals surface area contributed by atoms with Crippen LogP contribution in [0, 0.1) is 0 Å². The molecule has 0 spiro atoms. The van der Waals surface area contributed by atoms with E-state index in [1.54, 1.807) is 12.1 Å². The van der Waals surface area contributed by atoms with Crippen LogP contribution in [0.4, 0.5) is 5.69 Å². The fourth-order valence-corrected chi connectivity index (χ4v) is 1.54. The minimum absolute atomic E-state index is 0.0837. The predicted octanol–water partition coefficient (Wildman–Crippen LogP) is 2.19. The van der Waals surface area contributed by atoms with E-state index in [9.17, 15) is 9.59 Å². The Labute approximate surface area is 110 Å². The monoisotopic (exact) mass is 255 g/mol. The molecule has 2 N–H and O–H groups in total. The summed E-state index contributed by atoms with van der Waals surface area (Å²) in [5.41, 5.74) is 7.15. The van der Waals surface area contributed by atoms with Crippen molar-refractivity contribution < 1.29 is 14.3 Å². The number of anilines is 1. The molecule has 4 heteroatoms. The molecular formula is C15H13NO3. The van der Waals surface area contributed by atoms with E-state index < -0.39 is 11.8 Å². The zero-order valence-corrected chi connectivity index (χ0v) is 10.2. The van der Waals surface area contributed by atoms with E-state index in [4.69, 9.17) is 10.5 Å². The Morgan fingerprint density at radius 2 is 1.58 bits per heavy atom. The number of rotatable bonds is 4. The minimum Gasteiger partial charge on any atom is -0.455 e. The van der Waals surface area contributed by atoms with Gasteiger partial charge in [-0.25, -0.2) is 4.79 Å². The largest absolute Gasteiger partial charge is 0.455 e. The minimum atomic E-state index is -0.867. The summed E-state index contributed by atoms with van der Waals surface area (Å²) in [6.45, 7) is 0.0837. The maximum Gasteiger partial charge on any atom is 0.380 e. The van der Waals surface area contributed by atoms with Gasteiger partial charge in [-0.15, -0.1) is 0 Å². The predicted molar refractivity (Wildman–Crippen MR) is 71.4 cm³/mol. The van der Waals surface area contributed by atoms with Gasteiger partial charge in [-0.2, -0.15) is 0 Å². The number of carbonyl (C=O) groups excluding carboxylic acids is 2. The van der Waals surface area contributed by atoms with Gasteiger partial charge < -0.3 is 10.5 Å².